The summed E-state index contributed by atoms with van der Waals surface area (Å²) < 4.78 is 10.8. The highest BCUT2D eigenvalue weighted by molar-refractivity contribution is 5.78. The van der Waals surface area contributed by atoms with E-state index in [-0.39, 0.29) is 12.5 Å². The molecule has 1 saturated heterocycles. The van der Waals surface area contributed by atoms with Gasteiger partial charge in [0, 0.05) is 12.1 Å². The van der Waals surface area contributed by atoms with Crippen molar-refractivity contribution >= 4 is 5.91 Å². The number of carbonyl (C=O) groups is 1. The van der Waals surface area contributed by atoms with Crippen LogP contribution in [0.1, 0.15) is 33.1 Å². The van der Waals surface area contributed by atoms with E-state index < -0.39 is 0 Å². The van der Waals surface area contributed by atoms with Gasteiger partial charge in [0.05, 0.1) is 7.11 Å². The lowest BCUT2D eigenvalue weighted by atomic mass is 9.97. The maximum absolute atomic E-state index is 12.4. The Morgan fingerprint density at radius 2 is 1.80 bits per heavy atom. The fourth-order valence-electron chi connectivity index (χ4n) is 2.86. The molecule has 0 aliphatic carbocycles. The number of methoxy groups -OCH3 is 1. The van der Waals surface area contributed by atoms with Crippen LogP contribution in [0.25, 0.3) is 0 Å². The fourth-order valence-corrected chi connectivity index (χ4v) is 2.86. The van der Waals surface area contributed by atoms with E-state index >= 15 is 0 Å². The van der Waals surface area contributed by atoms with Gasteiger partial charge in [0.15, 0.2) is 18.1 Å². The Hall–Kier alpha value is -1.71. The van der Waals surface area contributed by atoms with Crippen LogP contribution in [0.3, 0.4) is 0 Å². The molecule has 1 aromatic carbocycles. The number of rotatable bonds is 4. The quantitative estimate of drug-likeness (QED) is 0.849. The molecule has 0 spiro atoms. The zero-order valence-electron chi connectivity index (χ0n) is 12.5. The van der Waals surface area contributed by atoms with Crippen molar-refractivity contribution in [2.45, 2.75) is 45.2 Å². The number of hydrogen-bond acceptors (Lipinski definition) is 3. The summed E-state index contributed by atoms with van der Waals surface area (Å²) in [7, 11) is 1.60. The van der Waals surface area contributed by atoms with Gasteiger partial charge in [-0.3, -0.25) is 4.79 Å². The molecular formula is C16H23NO3. The molecule has 2 rings (SSSR count). The number of hydrogen-bond donors (Lipinski definition) is 0. The molecule has 1 aromatic rings. The fraction of sp³-hybridized carbons (Fsp3) is 0.562. The summed E-state index contributed by atoms with van der Waals surface area (Å²) in [6, 6.07) is 7.98. The summed E-state index contributed by atoms with van der Waals surface area (Å²) in [5.74, 6) is 1.32. The van der Waals surface area contributed by atoms with Crippen molar-refractivity contribution in [1.29, 1.82) is 0 Å². The molecule has 1 heterocycles. The second-order valence-electron chi connectivity index (χ2n) is 5.37. The van der Waals surface area contributed by atoms with Gasteiger partial charge in [0.25, 0.3) is 5.91 Å². The van der Waals surface area contributed by atoms with Gasteiger partial charge < -0.3 is 14.4 Å². The van der Waals surface area contributed by atoms with Gasteiger partial charge in [-0.15, -0.1) is 0 Å². The average molecular weight is 277 g/mol. The second-order valence-corrected chi connectivity index (χ2v) is 5.37. The molecule has 0 aromatic heterocycles. The third kappa shape index (κ3) is 3.24. The van der Waals surface area contributed by atoms with Gasteiger partial charge in [-0.05, 0) is 45.2 Å². The number of benzene rings is 1. The average Bonchev–Trinajstić information content (AvgIpc) is 2.45. The van der Waals surface area contributed by atoms with Crippen LogP contribution < -0.4 is 9.47 Å². The van der Waals surface area contributed by atoms with E-state index in [0.29, 0.717) is 23.6 Å². The Balaban J connectivity index is 1.97. The number of amides is 1. The standard InChI is InChI=1S/C16H23NO3/c1-12-7-6-8-13(2)17(12)16(18)11-20-15-10-5-4-9-14(15)19-3/h4-5,9-10,12-13H,6-8,11H2,1-3H3/t12-,13-/m1/s1. The van der Waals surface area contributed by atoms with Gasteiger partial charge in [-0.25, -0.2) is 0 Å². The van der Waals surface area contributed by atoms with Gasteiger partial charge in [0.1, 0.15) is 0 Å². The molecule has 4 nitrogen and oxygen atoms in total. The number of carbonyl (C=O) groups excluding carboxylic acids is 1. The van der Waals surface area contributed by atoms with E-state index in [9.17, 15) is 4.79 Å². The molecule has 0 bridgehead atoms. The third-order valence-corrected chi connectivity index (χ3v) is 3.90. The number of piperidine rings is 1. The normalized spacial score (nSPS) is 22.4. The Morgan fingerprint density at radius 1 is 1.20 bits per heavy atom. The minimum absolute atomic E-state index is 0.0515. The van der Waals surface area contributed by atoms with Crippen molar-refractivity contribution in [3.63, 3.8) is 0 Å². The molecule has 1 aliphatic heterocycles. The molecule has 4 heteroatoms. The molecule has 110 valence electrons. The first-order chi connectivity index (χ1) is 9.63. The molecule has 0 N–H and O–H groups in total. The monoisotopic (exact) mass is 277 g/mol. The van der Waals surface area contributed by atoms with E-state index in [1.54, 1.807) is 7.11 Å². The van der Waals surface area contributed by atoms with Crippen LogP contribution in [-0.2, 0) is 4.79 Å². The molecule has 0 radical (unpaired) electrons. The van der Waals surface area contributed by atoms with Gasteiger partial charge in [-0.2, -0.15) is 0 Å². The lowest BCUT2D eigenvalue weighted by molar-refractivity contribution is -0.139. The van der Waals surface area contributed by atoms with Crippen molar-refractivity contribution in [3.8, 4) is 11.5 Å². The third-order valence-electron chi connectivity index (χ3n) is 3.90. The first-order valence-corrected chi connectivity index (χ1v) is 7.20. The topological polar surface area (TPSA) is 38.8 Å². The van der Waals surface area contributed by atoms with E-state index in [2.05, 4.69) is 13.8 Å². The SMILES string of the molecule is COc1ccccc1OCC(=O)N1[C@H](C)CCC[C@H]1C. The molecular weight excluding hydrogens is 254 g/mol. The molecule has 1 fully saturated rings. The van der Waals surface area contributed by atoms with Crippen LogP contribution in [0.15, 0.2) is 24.3 Å². The van der Waals surface area contributed by atoms with Gasteiger partial charge >= 0.3 is 0 Å². The van der Waals surface area contributed by atoms with E-state index in [0.717, 1.165) is 12.8 Å². The van der Waals surface area contributed by atoms with Crippen molar-refractivity contribution in [3.05, 3.63) is 24.3 Å². The lowest BCUT2D eigenvalue weighted by Gasteiger charge is -2.39. The van der Waals surface area contributed by atoms with Crippen LogP contribution in [0.4, 0.5) is 0 Å². The summed E-state index contributed by atoms with van der Waals surface area (Å²) in [5.41, 5.74) is 0. The van der Waals surface area contributed by atoms with Crippen molar-refractivity contribution < 1.29 is 14.3 Å². The minimum Gasteiger partial charge on any atom is -0.493 e. The maximum atomic E-state index is 12.4. The van der Waals surface area contributed by atoms with E-state index in [4.69, 9.17) is 9.47 Å². The molecule has 1 amide bonds. The second kappa shape index (κ2) is 6.64. The van der Waals surface area contributed by atoms with E-state index in [1.807, 2.05) is 29.2 Å². The van der Waals surface area contributed by atoms with Gasteiger partial charge in [-0.1, -0.05) is 12.1 Å². The van der Waals surface area contributed by atoms with Crippen molar-refractivity contribution in [2.24, 2.45) is 0 Å². The summed E-state index contributed by atoms with van der Waals surface area (Å²) in [5, 5.41) is 0. The first kappa shape index (κ1) is 14.7. The molecule has 0 unspecified atom stereocenters. The summed E-state index contributed by atoms with van der Waals surface area (Å²) >= 11 is 0. The molecule has 0 saturated carbocycles. The highest BCUT2D eigenvalue weighted by Crippen LogP contribution is 2.27. The van der Waals surface area contributed by atoms with Crippen LogP contribution in [0, 0.1) is 0 Å². The smallest absolute Gasteiger partial charge is 0.260 e. The predicted octanol–water partition coefficient (Wildman–Crippen LogP) is 2.86. The Bertz CT molecular complexity index is 451. The first-order valence-electron chi connectivity index (χ1n) is 7.20. The lowest BCUT2D eigenvalue weighted by Crippen LogP contribution is -2.49. The predicted molar refractivity (Wildman–Crippen MR) is 78.1 cm³/mol. The molecule has 2 atom stereocenters. The highest BCUT2D eigenvalue weighted by atomic mass is 16.5. The largest absolute Gasteiger partial charge is 0.493 e. The molecule has 20 heavy (non-hydrogen) atoms. The van der Waals surface area contributed by atoms with Crippen LogP contribution >= 0.6 is 0 Å². The summed E-state index contributed by atoms with van der Waals surface area (Å²) in [4.78, 5) is 14.3. The summed E-state index contributed by atoms with van der Waals surface area (Å²) in [6.07, 6.45) is 3.34. The van der Waals surface area contributed by atoms with E-state index in [1.165, 1.54) is 6.42 Å². The Morgan fingerprint density at radius 3 is 2.40 bits per heavy atom. The molecule has 1 aliphatic rings. The zero-order chi connectivity index (χ0) is 14.5. The van der Waals surface area contributed by atoms with Crippen LogP contribution in [0.5, 0.6) is 11.5 Å². The Labute approximate surface area is 120 Å². The number of ether oxygens (including phenoxy) is 2. The highest BCUT2D eigenvalue weighted by Gasteiger charge is 2.29. The minimum atomic E-state index is 0.0515. The maximum Gasteiger partial charge on any atom is 0.260 e. The number of para-hydroxylation sites is 2. The Kier molecular flexibility index (Phi) is 4.88. The van der Waals surface area contributed by atoms with Crippen LogP contribution in [-0.4, -0.2) is 36.6 Å². The van der Waals surface area contributed by atoms with Crippen LogP contribution in [0.2, 0.25) is 0 Å². The number of nitrogens with zero attached hydrogens (tertiary/aromatic N) is 1. The number of likely N-dealkylation sites (tertiary alicyclic amines) is 1. The van der Waals surface area contributed by atoms with Crippen molar-refractivity contribution in [2.75, 3.05) is 13.7 Å². The zero-order valence-corrected chi connectivity index (χ0v) is 12.5. The summed E-state index contributed by atoms with van der Waals surface area (Å²) in [6.45, 7) is 4.28. The van der Waals surface area contributed by atoms with Crippen molar-refractivity contribution in [1.82, 2.24) is 4.90 Å². The van der Waals surface area contributed by atoms with Gasteiger partial charge in [0.2, 0.25) is 0 Å².